The van der Waals surface area contributed by atoms with Crippen LogP contribution in [-0.4, -0.2) is 61.7 Å². The number of aromatic nitrogens is 5. The zero-order valence-corrected chi connectivity index (χ0v) is 26.8. The van der Waals surface area contributed by atoms with E-state index in [1.54, 1.807) is 36.7 Å². The fourth-order valence-corrected chi connectivity index (χ4v) is 5.70. The van der Waals surface area contributed by atoms with Crippen LogP contribution in [0.1, 0.15) is 52.0 Å². The maximum absolute atomic E-state index is 14.1. The lowest BCUT2D eigenvalue weighted by Gasteiger charge is -2.32. The van der Waals surface area contributed by atoms with Crippen molar-refractivity contribution in [2.45, 2.75) is 64.5 Å². The minimum atomic E-state index is -0.968. The number of rotatable bonds is 9. The number of H-pyrrole nitrogens is 1. The lowest BCUT2D eigenvalue weighted by atomic mass is 9.81. The number of aromatic amines is 1. The summed E-state index contributed by atoms with van der Waals surface area (Å²) in [6.45, 7) is 5.92. The van der Waals surface area contributed by atoms with Gasteiger partial charge in [-0.15, -0.1) is 10.2 Å². The van der Waals surface area contributed by atoms with E-state index in [1.807, 2.05) is 51.1 Å². The Hall–Kier alpha value is -5.17. The molecule has 1 saturated carbocycles. The van der Waals surface area contributed by atoms with Crippen LogP contribution in [-0.2, 0) is 20.7 Å². The number of alkyl carbamates (subject to hydrolysis) is 1. The smallest absolute Gasteiger partial charge is 0.407 e. The van der Waals surface area contributed by atoms with Gasteiger partial charge in [-0.3, -0.25) is 14.6 Å². The SMILES string of the molecule is CC(C)(C)OC(=O)NCC1CCC(C(=O)N(C(=O)[C@@H](N)Cc2ccc(-c3cncc(N)c3)cc2)c2ccc(-c3nn[nH]n3)cc2)CC1. The van der Waals surface area contributed by atoms with Gasteiger partial charge < -0.3 is 21.5 Å². The van der Waals surface area contributed by atoms with E-state index < -0.39 is 23.6 Å². The monoisotopic (exact) mass is 639 g/mol. The molecule has 3 amide bonds. The number of amides is 3. The highest BCUT2D eigenvalue weighted by Crippen LogP contribution is 2.32. The zero-order chi connectivity index (χ0) is 33.6. The van der Waals surface area contributed by atoms with Crippen LogP contribution in [0, 0.1) is 11.8 Å². The minimum Gasteiger partial charge on any atom is -0.444 e. The molecule has 0 radical (unpaired) electrons. The Labute approximate surface area is 273 Å². The summed E-state index contributed by atoms with van der Waals surface area (Å²) in [4.78, 5) is 45.5. The lowest BCUT2D eigenvalue weighted by Crippen LogP contribution is -2.50. The molecule has 47 heavy (non-hydrogen) atoms. The third kappa shape index (κ3) is 8.76. The number of hydrogen-bond acceptors (Lipinski definition) is 10. The Balaban J connectivity index is 1.28. The quantitative estimate of drug-likeness (QED) is 0.205. The van der Waals surface area contributed by atoms with Crippen LogP contribution in [0.4, 0.5) is 16.2 Å². The predicted octanol–water partition coefficient (Wildman–Crippen LogP) is 4.27. The number of pyridine rings is 1. The van der Waals surface area contributed by atoms with Crippen molar-refractivity contribution in [3.63, 3.8) is 0 Å². The summed E-state index contributed by atoms with van der Waals surface area (Å²) in [5, 5.41) is 16.9. The van der Waals surface area contributed by atoms with E-state index in [0.717, 1.165) is 29.5 Å². The summed E-state index contributed by atoms with van der Waals surface area (Å²) < 4.78 is 5.34. The average Bonchev–Trinajstić information content (AvgIpc) is 3.59. The topological polar surface area (TPSA) is 195 Å². The molecule has 13 heteroatoms. The summed E-state index contributed by atoms with van der Waals surface area (Å²) in [5.74, 6) is -0.542. The molecule has 2 aromatic heterocycles. The molecule has 13 nitrogen and oxygen atoms in total. The molecule has 2 heterocycles. The highest BCUT2D eigenvalue weighted by atomic mass is 16.6. The van der Waals surface area contributed by atoms with E-state index in [1.165, 1.54) is 4.90 Å². The zero-order valence-electron chi connectivity index (χ0n) is 26.8. The van der Waals surface area contributed by atoms with E-state index in [9.17, 15) is 14.4 Å². The highest BCUT2D eigenvalue weighted by Gasteiger charge is 2.35. The van der Waals surface area contributed by atoms with E-state index in [0.29, 0.717) is 42.1 Å². The van der Waals surface area contributed by atoms with Crippen molar-refractivity contribution in [3.8, 4) is 22.5 Å². The number of imide groups is 1. The van der Waals surface area contributed by atoms with Crippen molar-refractivity contribution < 1.29 is 19.1 Å². The Morgan fingerprint density at radius 1 is 0.979 bits per heavy atom. The van der Waals surface area contributed by atoms with Crippen LogP contribution in [0.3, 0.4) is 0 Å². The van der Waals surface area contributed by atoms with Crippen molar-refractivity contribution in [3.05, 3.63) is 72.6 Å². The van der Waals surface area contributed by atoms with Crippen LogP contribution in [0.15, 0.2) is 67.0 Å². The second-order valence-electron chi connectivity index (χ2n) is 12.9. The molecule has 5 rings (SSSR count). The molecule has 1 aliphatic carbocycles. The first kappa shape index (κ1) is 33.2. The molecular formula is C34H41N9O4. The van der Waals surface area contributed by atoms with Crippen LogP contribution >= 0.6 is 0 Å². The van der Waals surface area contributed by atoms with Crippen molar-refractivity contribution in [1.29, 1.82) is 0 Å². The molecule has 6 N–H and O–H groups in total. The number of nitrogens with one attached hydrogen (secondary N) is 2. The Bertz CT molecular complexity index is 1660. The number of nitrogens with two attached hydrogens (primary N) is 2. The molecule has 0 unspecified atom stereocenters. The van der Waals surface area contributed by atoms with Gasteiger partial charge in [0.2, 0.25) is 11.7 Å². The normalized spacial score (nSPS) is 17.0. The molecule has 246 valence electrons. The molecule has 0 aliphatic heterocycles. The van der Waals surface area contributed by atoms with E-state index in [-0.39, 0.29) is 24.2 Å². The van der Waals surface area contributed by atoms with Gasteiger partial charge in [-0.25, -0.2) is 9.69 Å². The van der Waals surface area contributed by atoms with E-state index in [2.05, 4.69) is 30.9 Å². The fraction of sp³-hybridized carbons (Fsp3) is 0.382. The van der Waals surface area contributed by atoms with Crippen LogP contribution < -0.4 is 21.7 Å². The van der Waals surface area contributed by atoms with Gasteiger partial charge in [0, 0.05) is 36.0 Å². The number of nitrogen functional groups attached to an aromatic ring is 1. The number of carbonyl (C=O) groups is 3. The maximum atomic E-state index is 14.1. The molecule has 2 aromatic carbocycles. The van der Waals surface area contributed by atoms with Crippen molar-refractivity contribution >= 4 is 29.3 Å². The van der Waals surface area contributed by atoms with E-state index >= 15 is 0 Å². The molecule has 1 aliphatic rings. The van der Waals surface area contributed by atoms with Gasteiger partial charge in [-0.2, -0.15) is 5.21 Å². The first-order chi connectivity index (χ1) is 22.5. The van der Waals surface area contributed by atoms with Crippen LogP contribution in [0.25, 0.3) is 22.5 Å². The largest absolute Gasteiger partial charge is 0.444 e. The van der Waals surface area contributed by atoms with Gasteiger partial charge in [-0.05, 0) is 105 Å². The van der Waals surface area contributed by atoms with Crippen molar-refractivity contribution in [2.75, 3.05) is 17.2 Å². The first-order valence-electron chi connectivity index (χ1n) is 15.7. The Kier molecular flexibility index (Phi) is 10.2. The van der Waals surface area contributed by atoms with Crippen molar-refractivity contribution in [1.82, 2.24) is 30.9 Å². The third-order valence-corrected chi connectivity index (χ3v) is 8.12. The molecule has 1 fully saturated rings. The predicted molar refractivity (Wildman–Crippen MR) is 178 cm³/mol. The number of tetrazole rings is 1. The summed E-state index contributed by atoms with van der Waals surface area (Å²) >= 11 is 0. The summed E-state index contributed by atoms with van der Waals surface area (Å²) in [6, 6.07) is 15.4. The van der Waals surface area contributed by atoms with Gasteiger partial charge in [0.15, 0.2) is 0 Å². The van der Waals surface area contributed by atoms with Gasteiger partial charge in [0.05, 0.1) is 17.4 Å². The van der Waals surface area contributed by atoms with Gasteiger partial charge in [0.25, 0.3) is 5.91 Å². The minimum absolute atomic E-state index is 0.207. The Morgan fingerprint density at radius 2 is 1.66 bits per heavy atom. The molecule has 0 bridgehead atoms. The van der Waals surface area contributed by atoms with E-state index in [4.69, 9.17) is 16.2 Å². The van der Waals surface area contributed by atoms with Crippen molar-refractivity contribution in [2.24, 2.45) is 17.6 Å². The molecule has 4 aromatic rings. The van der Waals surface area contributed by atoms with Gasteiger partial charge in [0.1, 0.15) is 5.60 Å². The Morgan fingerprint density at radius 3 is 2.28 bits per heavy atom. The summed E-state index contributed by atoms with van der Waals surface area (Å²) in [5.41, 5.74) is 16.2. The molecular weight excluding hydrogens is 598 g/mol. The number of carbonyl (C=O) groups excluding carboxylic acids is 3. The molecule has 0 spiro atoms. The van der Waals surface area contributed by atoms with Crippen LogP contribution in [0.5, 0.6) is 0 Å². The summed E-state index contributed by atoms with van der Waals surface area (Å²) in [7, 11) is 0. The van der Waals surface area contributed by atoms with Crippen LogP contribution in [0.2, 0.25) is 0 Å². The number of nitrogens with zero attached hydrogens (tertiary/aromatic N) is 5. The molecule has 1 atom stereocenters. The lowest BCUT2D eigenvalue weighted by molar-refractivity contribution is -0.130. The average molecular weight is 640 g/mol. The first-order valence-corrected chi connectivity index (χ1v) is 15.7. The number of anilines is 2. The van der Waals surface area contributed by atoms with Gasteiger partial charge >= 0.3 is 6.09 Å². The third-order valence-electron chi connectivity index (χ3n) is 8.12. The standard InChI is InChI=1S/C34H41N9O4/c1-34(2,3)47-33(46)38-18-22-6-10-25(11-7-22)31(44)43(28-14-12-24(13-15-28)30-39-41-42-40-30)32(45)29(36)16-21-4-8-23(9-5-21)26-17-27(35)20-37-19-26/h4-5,8-9,12-15,17,19-20,22,25,29H,6-7,10-11,16,18,35-36H2,1-3H3,(H,38,46)(H,39,40,41,42)/t22?,25?,29-/m0/s1. The highest BCUT2D eigenvalue weighted by molar-refractivity contribution is 6.17. The number of hydrogen-bond donors (Lipinski definition) is 4. The maximum Gasteiger partial charge on any atom is 0.407 e. The van der Waals surface area contributed by atoms with Gasteiger partial charge in [-0.1, -0.05) is 24.3 Å². The summed E-state index contributed by atoms with van der Waals surface area (Å²) in [6.07, 6.45) is 5.73. The number of benzene rings is 2. The molecule has 0 saturated heterocycles. The second-order valence-corrected chi connectivity index (χ2v) is 12.9. The second kappa shape index (κ2) is 14.5. The number of ether oxygens (including phenoxy) is 1. The fourth-order valence-electron chi connectivity index (χ4n) is 5.70.